The fourth-order valence-electron chi connectivity index (χ4n) is 3.16. The number of carbonyl (C=O) groups is 2. The number of aliphatic hydroxyl groups excluding tert-OH is 1. The zero-order valence-electron chi connectivity index (χ0n) is 15.9. The van der Waals surface area contributed by atoms with E-state index in [-0.39, 0.29) is 5.41 Å². The van der Waals surface area contributed by atoms with Crippen molar-refractivity contribution in [3.05, 3.63) is 11.6 Å². The molecule has 0 aromatic rings. The van der Waals surface area contributed by atoms with Crippen LogP contribution in [0.15, 0.2) is 11.6 Å². The molecule has 146 valence electrons. The Balaban J connectivity index is 0.000000609. The number of likely N-dealkylation sites (tertiary alicyclic amines) is 1. The molecule has 7 heteroatoms. The molecule has 0 aromatic heterocycles. The van der Waals surface area contributed by atoms with Gasteiger partial charge in [0, 0.05) is 45.4 Å². The summed E-state index contributed by atoms with van der Waals surface area (Å²) in [4.78, 5) is 20.5. The SMILES string of the molecule is CC(=O)O.CC(=O)O.CC/C(C)=C/CCN1CC2CNCC2(CO)C1. The number of allylic oxidation sites excluding steroid dienone is 1. The van der Waals surface area contributed by atoms with Gasteiger partial charge >= 0.3 is 0 Å². The number of hydrogen-bond donors (Lipinski definition) is 4. The van der Waals surface area contributed by atoms with E-state index in [2.05, 4.69) is 30.1 Å². The number of aliphatic carboxylic acids is 2. The Kier molecular flexibility index (Phi) is 11.3. The molecular weight excluding hydrogens is 324 g/mol. The first kappa shape index (κ1) is 23.6. The molecule has 0 radical (unpaired) electrons. The van der Waals surface area contributed by atoms with Crippen molar-refractivity contribution in [3.63, 3.8) is 0 Å². The highest BCUT2D eigenvalue weighted by molar-refractivity contribution is 5.63. The first-order valence-electron chi connectivity index (χ1n) is 8.75. The van der Waals surface area contributed by atoms with E-state index in [0.29, 0.717) is 12.5 Å². The van der Waals surface area contributed by atoms with E-state index in [1.807, 2.05) is 0 Å². The summed E-state index contributed by atoms with van der Waals surface area (Å²) in [5.74, 6) is -1.01. The number of aliphatic hydroxyl groups is 1. The van der Waals surface area contributed by atoms with Crippen LogP contribution >= 0.6 is 0 Å². The number of rotatable bonds is 5. The lowest BCUT2D eigenvalue weighted by Gasteiger charge is -2.25. The van der Waals surface area contributed by atoms with E-state index < -0.39 is 11.9 Å². The van der Waals surface area contributed by atoms with Crippen LogP contribution in [-0.4, -0.2) is 71.5 Å². The third kappa shape index (κ3) is 9.57. The number of nitrogens with zero attached hydrogens (tertiary/aromatic N) is 1. The Hall–Kier alpha value is -1.44. The van der Waals surface area contributed by atoms with Crippen molar-refractivity contribution in [2.24, 2.45) is 11.3 Å². The van der Waals surface area contributed by atoms with Crippen LogP contribution in [-0.2, 0) is 9.59 Å². The number of carboxylic acid groups (broad SMARTS) is 2. The summed E-state index contributed by atoms with van der Waals surface area (Å²) >= 11 is 0. The minimum absolute atomic E-state index is 0.156. The van der Waals surface area contributed by atoms with E-state index >= 15 is 0 Å². The second kappa shape index (κ2) is 12.0. The molecule has 2 heterocycles. The molecule has 2 aliphatic rings. The molecular formula is C18H34N2O5. The molecule has 2 fully saturated rings. The summed E-state index contributed by atoms with van der Waals surface area (Å²) in [6.07, 6.45) is 4.67. The van der Waals surface area contributed by atoms with Gasteiger partial charge in [-0.15, -0.1) is 0 Å². The molecule has 0 aromatic carbocycles. The molecule has 2 atom stereocenters. The van der Waals surface area contributed by atoms with Crippen molar-refractivity contribution in [3.8, 4) is 0 Å². The molecule has 2 saturated heterocycles. The Labute approximate surface area is 150 Å². The van der Waals surface area contributed by atoms with Gasteiger partial charge < -0.3 is 25.5 Å². The van der Waals surface area contributed by atoms with E-state index in [1.54, 1.807) is 0 Å². The summed E-state index contributed by atoms with van der Waals surface area (Å²) in [6.45, 7) is 12.4. The van der Waals surface area contributed by atoms with Crippen molar-refractivity contribution in [1.29, 1.82) is 0 Å². The highest BCUT2D eigenvalue weighted by Crippen LogP contribution is 2.38. The van der Waals surface area contributed by atoms with Gasteiger partial charge in [0.25, 0.3) is 11.9 Å². The average molecular weight is 358 g/mol. The molecule has 0 amide bonds. The minimum Gasteiger partial charge on any atom is -0.481 e. The van der Waals surface area contributed by atoms with Gasteiger partial charge in [-0.25, -0.2) is 0 Å². The molecule has 25 heavy (non-hydrogen) atoms. The van der Waals surface area contributed by atoms with E-state index in [1.165, 1.54) is 5.57 Å². The smallest absolute Gasteiger partial charge is 0.300 e. The largest absolute Gasteiger partial charge is 0.481 e. The van der Waals surface area contributed by atoms with Crippen molar-refractivity contribution in [1.82, 2.24) is 10.2 Å². The maximum atomic E-state index is 9.62. The Bertz CT molecular complexity index is 433. The van der Waals surface area contributed by atoms with Crippen LogP contribution in [0.2, 0.25) is 0 Å². The average Bonchev–Trinajstić information content (AvgIpc) is 3.02. The quantitative estimate of drug-likeness (QED) is 0.550. The van der Waals surface area contributed by atoms with E-state index in [9.17, 15) is 5.11 Å². The Morgan fingerprint density at radius 1 is 1.24 bits per heavy atom. The highest BCUT2D eigenvalue weighted by Gasteiger charge is 2.48. The zero-order chi connectivity index (χ0) is 19.5. The summed E-state index contributed by atoms with van der Waals surface area (Å²) < 4.78 is 0. The predicted octanol–water partition coefficient (Wildman–Crippen LogP) is 1.43. The molecule has 2 aliphatic heterocycles. The normalized spacial score (nSPS) is 25.3. The lowest BCUT2D eigenvalue weighted by molar-refractivity contribution is -0.135. The van der Waals surface area contributed by atoms with Gasteiger partial charge in [0.15, 0.2) is 0 Å². The third-order valence-corrected chi connectivity index (χ3v) is 4.56. The van der Waals surface area contributed by atoms with Crippen molar-refractivity contribution in [2.45, 2.75) is 40.5 Å². The number of fused-ring (bicyclic) bond motifs is 1. The van der Waals surface area contributed by atoms with Gasteiger partial charge in [-0.1, -0.05) is 18.6 Å². The van der Waals surface area contributed by atoms with Gasteiger partial charge in [0.05, 0.1) is 6.61 Å². The van der Waals surface area contributed by atoms with E-state index in [0.717, 1.165) is 59.4 Å². The first-order chi connectivity index (χ1) is 11.7. The lowest BCUT2D eigenvalue weighted by atomic mass is 9.82. The molecule has 0 spiro atoms. The third-order valence-electron chi connectivity index (χ3n) is 4.56. The van der Waals surface area contributed by atoms with Gasteiger partial charge in [-0.2, -0.15) is 0 Å². The molecule has 7 nitrogen and oxygen atoms in total. The van der Waals surface area contributed by atoms with E-state index in [4.69, 9.17) is 19.8 Å². The zero-order valence-corrected chi connectivity index (χ0v) is 15.9. The second-order valence-corrected chi connectivity index (χ2v) is 6.81. The minimum atomic E-state index is -0.833. The van der Waals surface area contributed by atoms with Crippen LogP contribution in [0, 0.1) is 11.3 Å². The summed E-state index contributed by atoms with van der Waals surface area (Å²) in [7, 11) is 0. The molecule has 0 bridgehead atoms. The van der Waals surface area contributed by atoms with Gasteiger partial charge in [0.1, 0.15) is 0 Å². The summed E-state index contributed by atoms with van der Waals surface area (Å²) in [6, 6.07) is 0. The first-order valence-corrected chi connectivity index (χ1v) is 8.75. The number of carboxylic acids is 2. The maximum Gasteiger partial charge on any atom is 0.300 e. The second-order valence-electron chi connectivity index (χ2n) is 6.81. The predicted molar refractivity (Wildman–Crippen MR) is 97.6 cm³/mol. The molecule has 0 saturated carbocycles. The van der Waals surface area contributed by atoms with Gasteiger partial charge in [-0.3, -0.25) is 9.59 Å². The lowest BCUT2D eigenvalue weighted by Crippen LogP contribution is -2.36. The highest BCUT2D eigenvalue weighted by atomic mass is 16.4. The van der Waals surface area contributed by atoms with Crippen molar-refractivity contribution >= 4 is 11.9 Å². The van der Waals surface area contributed by atoms with Crippen LogP contribution in [0.5, 0.6) is 0 Å². The molecule has 2 unspecified atom stereocenters. The topological polar surface area (TPSA) is 110 Å². The fourth-order valence-corrected chi connectivity index (χ4v) is 3.16. The molecule has 0 aliphatic carbocycles. The summed E-state index contributed by atoms with van der Waals surface area (Å²) in [5, 5.41) is 27.9. The van der Waals surface area contributed by atoms with Crippen molar-refractivity contribution < 1.29 is 24.9 Å². The Morgan fingerprint density at radius 2 is 1.80 bits per heavy atom. The van der Waals surface area contributed by atoms with Crippen molar-refractivity contribution in [2.75, 3.05) is 39.3 Å². The van der Waals surface area contributed by atoms with Crippen LogP contribution in [0.1, 0.15) is 40.5 Å². The van der Waals surface area contributed by atoms with Crippen LogP contribution in [0.25, 0.3) is 0 Å². The fraction of sp³-hybridized carbons (Fsp3) is 0.778. The van der Waals surface area contributed by atoms with Gasteiger partial charge in [0.2, 0.25) is 0 Å². The summed E-state index contributed by atoms with van der Waals surface area (Å²) in [5.41, 5.74) is 1.65. The Morgan fingerprint density at radius 3 is 2.24 bits per heavy atom. The molecule has 2 rings (SSSR count). The van der Waals surface area contributed by atoms with Crippen LogP contribution < -0.4 is 5.32 Å². The monoisotopic (exact) mass is 358 g/mol. The number of hydrogen-bond acceptors (Lipinski definition) is 5. The maximum absolute atomic E-state index is 9.62. The van der Waals surface area contributed by atoms with Crippen LogP contribution in [0.3, 0.4) is 0 Å². The molecule has 4 N–H and O–H groups in total. The standard InChI is InChI=1S/C14H26N2O.2C2H4O2/c1-3-12(2)5-4-6-16-8-13-7-15-9-14(13,10-16)11-17;2*1-2(3)4/h5,13,15,17H,3-4,6-11H2,1-2H3;2*1H3,(H,3,4)/b12-5+;;. The number of nitrogens with one attached hydrogen (secondary N) is 1. The van der Waals surface area contributed by atoms with Gasteiger partial charge in [-0.05, 0) is 32.2 Å². The van der Waals surface area contributed by atoms with Crippen LogP contribution in [0.4, 0.5) is 0 Å².